The number of ketones is 1. The molecule has 1 aliphatic rings. The minimum absolute atomic E-state index is 0.0861. The van der Waals surface area contributed by atoms with Crippen molar-refractivity contribution in [3.8, 4) is 11.5 Å². The second-order valence-corrected chi connectivity index (χ2v) is 9.04. The number of methoxy groups -OCH3 is 2. The third kappa shape index (κ3) is 5.09. The highest BCUT2D eigenvalue weighted by molar-refractivity contribution is 6.46. The fourth-order valence-corrected chi connectivity index (χ4v) is 4.31. The number of amides is 1. The lowest BCUT2D eigenvalue weighted by Crippen LogP contribution is -2.32. The maximum absolute atomic E-state index is 13.2. The molecule has 0 saturated carbocycles. The highest BCUT2D eigenvalue weighted by atomic mass is 16.5. The van der Waals surface area contributed by atoms with Gasteiger partial charge < -0.3 is 24.4 Å². The molecule has 34 heavy (non-hydrogen) atoms. The largest absolute Gasteiger partial charge is 0.507 e. The van der Waals surface area contributed by atoms with Crippen molar-refractivity contribution >= 4 is 17.4 Å². The second-order valence-electron chi connectivity index (χ2n) is 9.04. The Morgan fingerprint density at radius 1 is 1.09 bits per heavy atom. The number of hydrogen-bond donors (Lipinski definition) is 1. The van der Waals surface area contributed by atoms with E-state index in [1.54, 1.807) is 43.4 Å². The summed E-state index contributed by atoms with van der Waals surface area (Å²) in [6, 6.07) is 11.9. The highest BCUT2D eigenvalue weighted by Crippen LogP contribution is 2.41. The van der Waals surface area contributed by atoms with Gasteiger partial charge in [0, 0.05) is 12.1 Å². The molecule has 0 aromatic heterocycles. The van der Waals surface area contributed by atoms with Crippen molar-refractivity contribution in [2.24, 2.45) is 0 Å². The first-order valence-corrected chi connectivity index (χ1v) is 11.4. The molecule has 1 heterocycles. The monoisotopic (exact) mass is 466 g/mol. The van der Waals surface area contributed by atoms with E-state index >= 15 is 0 Å². The van der Waals surface area contributed by atoms with Gasteiger partial charge >= 0.3 is 0 Å². The third-order valence-corrected chi connectivity index (χ3v) is 6.08. The van der Waals surface area contributed by atoms with Gasteiger partial charge in [-0.1, -0.05) is 26.0 Å². The van der Waals surface area contributed by atoms with Gasteiger partial charge in [-0.25, -0.2) is 0 Å². The van der Waals surface area contributed by atoms with Gasteiger partial charge in [0.25, 0.3) is 11.7 Å². The van der Waals surface area contributed by atoms with Gasteiger partial charge in [-0.05, 0) is 74.4 Å². The molecule has 1 atom stereocenters. The van der Waals surface area contributed by atoms with Gasteiger partial charge in [-0.15, -0.1) is 0 Å². The normalized spacial score (nSPS) is 17.6. The summed E-state index contributed by atoms with van der Waals surface area (Å²) in [4.78, 5) is 29.9. The molecule has 1 saturated heterocycles. The lowest BCUT2D eigenvalue weighted by molar-refractivity contribution is -0.139. The SMILES string of the molecule is COc1cccc(C2/C(=C(/O)c3ccc(OC)c(C(C)C)c3)C(=O)C(=O)N2CCCN(C)C)c1. The predicted molar refractivity (Wildman–Crippen MR) is 132 cm³/mol. The Morgan fingerprint density at radius 3 is 2.44 bits per heavy atom. The number of rotatable bonds is 9. The van der Waals surface area contributed by atoms with Crippen LogP contribution in [0.4, 0.5) is 0 Å². The summed E-state index contributed by atoms with van der Waals surface area (Å²) in [7, 11) is 7.09. The molecule has 1 fully saturated rings. The van der Waals surface area contributed by atoms with Crippen LogP contribution in [0.3, 0.4) is 0 Å². The maximum Gasteiger partial charge on any atom is 0.295 e. The highest BCUT2D eigenvalue weighted by Gasteiger charge is 2.46. The average Bonchev–Trinajstić information content (AvgIpc) is 3.08. The Kier molecular flexibility index (Phi) is 7.99. The second kappa shape index (κ2) is 10.7. The summed E-state index contributed by atoms with van der Waals surface area (Å²) in [5, 5.41) is 11.4. The lowest BCUT2D eigenvalue weighted by Gasteiger charge is -2.26. The number of carbonyl (C=O) groups excluding carboxylic acids is 2. The molecule has 2 aromatic carbocycles. The van der Waals surface area contributed by atoms with Crippen LogP contribution in [0.1, 0.15) is 48.9 Å². The van der Waals surface area contributed by atoms with Crippen LogP contribution in [0.15, 0.2) is 48.0 Å². The number of aliphatic hydroxyl groups is 1. The standard InChI is InChI=1S/C27H34N2O5/c1-17(2)21-16-19(11-12-22(21)34-6)25(30)23-24(18-9-7-10-20(15-18)33-5)29(27(32)26(23)31)14-8-13-28(3)4/h7,9-12,15-17,24,30H,8,13-14H2,1-6H3/b25-23-. The van der Waals surface area contributed by atoms with Crippen LogP contribution >= 0.6 is 0 Å². The van der Waals surface area contributed by atoms with Crippen molar-refractivity contribution in [3.05, 3.63) is 64.7 Å². The van der Waals surface area contributed by atoms with Crippen molar-refractivity contribution in [1.29, 1.82) is 0 Å². The smallest absolute Gasteiger partial charge is 0.295 e. The maximum atomic E-state index is 13.2. The van der Waals surface area contributed by atoms with Crippen LogP contribution < -0.4 is 9.47 Å². The van der Waals surface area contributed by atoms with Gasteiger partial charge in [0.15, 0.2) is 0 Å². The molecule has 0 spiro atoms. The van der Waals surface area contributed by atoms with E-state index in [4.69, 9.17) is 9.47 Å². The Labute approximate surface area is 201 Å². The zero-order chi connectivity index (χ0) is 25.0. The first-order valence-electron chi connectivity index (χ1n) is 11.4. The molecular formula is C27H34N2O5. The summed E-state index contributed by atoms with van der Waals surface area (Å²) in [6.07, 6.45) is 0.695. The van der Waals surface area contributed by atoms with E-state index in [2.05, 4.69) is 0 Å². The summed E-state index contributed by atoms with van der Waals surface area (Å²) >= 11 is 0. The van der Waals surface area contributed by atoms with E-state index in [0.29, 0.717) is 35.6 Å². The summed E-state index contributed by atoms with van der Waals surface area (Å²) in [5.41, 5.74) is 2.18. The van der Waals surface area contributed by atoms with E-state index in [0.717, 1.165) is 12.1 Å². The van der Waals surface area contributed by atoms with E-state index in [9.17, 15) is 14.7 Å². The Balaban J connectivity index is 2.15. The van der Waals surface area contributed by atoms with Gasteiger partial charge in [-0.2, -0.15) is 0 Å². The number of carbonyl (C=O) groups is 2. The fourth-order valence-electron chi connectivity index (χ4n) is 4.31. The van der Waals surface area contributed by atoms with Gasteiger partial charge in [-0.3, -0.25) is 9.59 Å². The van der Waals surface area contributed by atoms with Crippen LogP contribution in [0.25, 0.3) is 5.76 Å². The Morgan fingerprint density at radius 2 is 1.82 bits per heavy atom. The first kappa shape index (κ1) is 25.3. The van der Waals surface area contributed by atoms with Crippen LogP contribution in [0.5, 0.6) is 11.5 Å². The molecule has 182 valence electrons. The topological polar surface area (TPSA) is 79.3 Å². The fraction of sp³-hybridized carbons (Fsp3) is 0.407. The number of ether oxygens (including phenoxy) is 2. The van der Waals surface area contributed by atoms with Crippen LogP contribution in [-0.4, -0.2) is 68.0 Å². The predicted octanol–water partition coefficient (Wildman–Crippen LogP) is 4.20. The summed E-state index contributed by atoms with van der Waals surface area (Å²) < 4.78 is 10.8. The molecule has 1 amide bonds. The molecule has 2 aromatic rings. The zero-order valence-corrected chi connectivity index (χ0v) is 20.8. The molecule has 0 aliphatic carbocycles. The first-order chi connectivity index (χ1) is 16.2. The van der Waals surface area contributed by atoms with Crippen molar-refractivity contribution in [2.75, 3.05) is 41.4 Å². The zero-order valence-electron chi connectivity index (χ0n) is 20.8. The Bertz CT molecular complexity index is 1090. The minimum Gasteiger partial charge on any atom is -0.507 e. The molecule has 3 rings (SSSR count). The molecule has 1 aliphatic heterocycles. The molecule has 7 heteroatoms. The molecule has 0 radical (unpaired) electrons. The van der Waals surface area contributed by atoms with Crippen molar-refractivity contribution < 1.29 is 24.2 Å². The number of likely N-dealkylation sites (tertiary alicyclic amines) is 1. The van der Waals surface area contributed by atoms with Gasteiger partial charge in [0.05, 0.1) is 25.8 Å². The Hall–Kier alpha value is -3.32. The van der Waals surface area contributed by atoms with Crippen molar-refractivity contribution in [1.82, 2.24) is 9.80 Å². The minimum atomic E-state index is -0.707. The van der Waals surface area contributed by atoms with E-state index in [1.165, 1.54) is 0 Å². The van der Waals surface area contributed by atoms with Crippen molar-refractivity contribution in [3.63, 3.8) is 0 Å². The summed E-state index contributed by atoms with van der Waals surface area (Å²) in [6.45, 7) is 5.22. The van der Waals surface area contributed by atoms with Crippen molar-refractivity contribution in [2.45, 2.75) is 32.2 Å². The molecule has 0 bridgehead atoms. The van der Waals surface area contributed by atoms with E-state index < -0.39 is 17.7 Å². The lowest BCUT2D eigenvalue weighted by atomic mass is 9.93. The average molecular weight is 467 g/mol. The number of hydrogen-bond acceptors (Lipinski definition) is 6. The van der Waals surface area contributed by atoms with Crippen LogP contribution in [0, 0.1) is 0 Å². The molecule has 7 nitrogen and oxygen atoms in total. The van der Waals surface area contributed by atoms with Crippen LogP contribution in [0.2, 0.25) is 0 Å². The molecule has 1 N–H and O–H groups in total. The van der Waals surface area contributed by atoms with Crippen LogP contribution in [-0.2, 0) is 9.59 Å². The number of aliphatic hydroxyl groups excluding tert-OH is 1. The summed E-state index contributed by atoms with van der Waals surface area (Å²) in [5.74, 6) is -0.0121. The molecular weight excluding hydrogens is 432 g/mol. The quantitative estimate of drug-likeness (QED) is 0.339. The van der Waals surface area contributed by atoms with E-state index in [1.807, 2.05) is 51.0 Å². The van der Waals surface area contributed by atoms with Gasteiger partial charge in [0.2, 0.25) is 0 Å². The van der Waals surface area contributed by atoms with Gasteiger partial charge in [0.1, 0.15) is 17.3 Å². The number of Topliss-reactive ketones (excluding diaryl/α,β-unsaturated/α-hetero) is 1. The molecule has 1 unspecified atom stereocenters. The third-order valence-electron chi connectivity index (χ3n) is 6.08. The van der Waals surface area contributed by atoms with E-state index in [-0.39, 0.29) is 17.3 Å². The number of benzene rings is 2. The number of nitrogens with zero attached hydrogens (tertiary/aromatic N) is 2.